The van der Waals surface area contributed by atoms with E-state index in [-0.39, 0.29) is 6.04 Å². The second-order valence-corrected chi connectivity index (χ2v) is 4.59. The van der Waals surface area contributed by atoms with Crippen molar-refractivity contribution in [1.82, 2.24) is 0 Å². The molecule has 0 aliphatic rings. The number of benzene rings is 1. The Balaban J connectivity index is 2.42. The maximum atomic E-state index is 5.86. The van der Waals surface area contributed by atoms with Crippen LogP contribution in [0.25, 0.3) is 0 Å². The minimum absolute atomic E-state index is 0.0960. The van der Waals surface area contributed by atoms with Gasteiger partial charge >= 0.3 is 0 Å². The molecule has 1 aromatic carbocycles. The van der Waals surface area contributed by atoms with Crippen molar-refractivity contribution in [3.05, 3.63) is 28.7 Å². The van der Waals surface area contributed by atoms with E-state index in [0.717, 1.165) is 10.2 Å². The normalized spacial score (nSPS) is 12.9. The number of rotatable bonds is 4. The van der Waals surface area contributed by atoms with Gasteiger partial charge in [-0.05, 0) is 30.2 Å². The Morgan fingerprint density at radius 1 is 1.29 bits per heavy atom. The largest absolute Gasteiger partial charge is 0.492 e. The highest BCUT2D eigenvalue weighted by Gasteiger charge is 2.07. The molecule has 0 unspecified atom stereocenters. The van der Waals surface area contributed by atoms with Crippen molar-refractivity contribution < 1.29 is 4.74 Å². The molecule has 0 bridgehead atoms. The van der Waals surface area contributed by atoms with Crippen molar-refractivity contribution in [1.29, 1.82) is 0 Å². The quantitative estimate of drug-likeness (QED) is 0.901. The summed E-state index contributed by atoms with van der Waals surface area (Å²) in [6, 6.07) is 7.86. The van der Waals surface area contributed by atoms with Gasteiger partial charge in [-0.15, -0.1) is 0 Å². The lowest BCUT2D eigenvalue weighted by Gasteiger charge is -2.16. The summed E-state index contributed by atoms with van der Waals surface area (Å²) in [5, 5.41) is 0. The summed E-state index contributed by atoms with van der Waals surface area (Å²) in [4.78, 5) is 0. The van der Waals surface area contributed by atoms with Crippen LogP contribution in [0.15, 0.2) is 28.7 Å². The van der Waals surface area contributed by atoms with Crippen molar-refractivity contribution in [3.8, 4) is 5.75 Å². The minimum Gasteiger partial charge on any atom is -0.492 e. The highest BCUT2D eigenvalue weighted by Crippen LogP contribution is 2.16. The third-order valence-corrected chi connectivity index (χ3v) is 2.64. The van der Waals surface area contributed by atoms with Gasteiger partial charge in [-0.25, -0.2) is 0 Å². The predicted molar refractivity (Wildman–Crippen MR) is 62.5 cm³/mol. The maximum Gasteiger partial charge on any atom is 0.119 e. The number of hydrogen-bond donors (Lipinski definition) is 1. The summed E-state index contributed by atoms with van der Waals surface area (Å²) >= 11 is 3.37. The molecule has 0 aliphatic carbocycles. The van der Waals surface area contributed by atoms with E-state index in [9.17, 15) is 0 Å². The van der Waals surface area contributed by atoms with Gasteiger partial charge in [0.2, 0.25) is 0 Å². The number of hydrogen-bond acceptors (Lipinski definition) is 2. The first-order chi connectivity index (χ1) is 6.59. The van der Waals surface area contributed by atoms with Crippen LogP contribution in [-0.2, 0) is 0 Å². The van der Waals surface area contributed by atoms with Gasteiger partial charge in [-0.2, -0.15) is 0 Å². The van der Waals surface area contributed by atoms with E-state index in [1.54, 1.807) is 0 Å². The minimum atomic E-state index is 0.0960. The summed E-state index contributed by atoms with van der Waals surface area (Å²) in [5.74, 6) is 1.31. The predicted octanol–water partition coefficient (Wildman–Crippen LogP) is 2.81. The van der Waals surface area contributed by atoms with E-state index < -0.39 is 0 Å². The molecule has 0 aromatic heterocycles. The van der Waals surface area contributed by atoms with E-state index in [2.05, 4.69) is 29.8 Å². The number of ether oxygens (including phenoxy) is 1. The Labute approximate surface area is 93.6 Å². The van der Waals surface area contributed by atoms with E-state index in [1.165, 1.54) is 0 Å². The van der Waals surface area contributed by atoms with Crippen molar-refractivity contribution in [2.75, 3.05) is 6.61 Å². The summed E-state index contributed by atoms with van der Waals surface area (Å²) in [6.07, 6.45) is 0. The highest BCUT2D eigenvalue weighted by atomic mass is 79.9. The van der Waals surface area contributed by atoms with Crippen LogP contribution >= 0.6 is 15.9 Å². The second kappa shape index (κ2) is 5.37. The molecule has 2 N–H and O–H groups in total. The fourth-order valence-corrected chi connectivity index (χ4v) is 1.18. The van der Waals surface area contributed by atoms with Gasteiger partial charge in [-0.1, -0.05) is 29.8 Å². The molecule has 0 heterocycles. The Bertz CT molecular complexity index is 271. The molecule has 2 nitrogen and oxygen atoms in total. The fraction of sp³-hybridized carbons (Fsp3) is 0.455. The van der Waals surface area contributed by atoms with Crippen molar-refractivity contribution in [2.24, 2.45) is 11.7 Å². The number of nitrogens with two attached hydrogens (primary N) is 1. The van der Waals surface area contributed by atoms with Crippen LogP contribution in [0, 0.1) is 5.92 Å². The monoisotopic (exact) mass is 257 g/mol. The Kier molecular flexibility index (Phi) is 4.42. The van der Waals surface area contributed by atoms with E-state index in [0.29, 0.717) is 12.5 Å². The highest BCUT2D eigenvalue weighted by molar-refractivity contribution is 9.10. The second-order valence-electron chi connectivity index (χ2n) is 3.67. The van der Waals surface area contributed by atoms with Crippen LogP contribution in [0.3, 0.4) is 0 Å². The summed E-state index contributed by atoms with van der Waals surface area (Å²) in [6.45, 7) is 4.75. The van der Waals surface area contributed by atoms with Gasteiger partial charge in [0, 0.05) is 10.5 Å². The van der Waals surface area contributed by atoms with E-state index >= 15 is 0 Å². The summed E-state index contributed by atoms with van der Waals surface area (Å²) in [5.41, 5.74) is 5.86. The third kappa shape index (κ3) is 3.68. The molecule has 0 saturated carbocycles. The Morgan fingerprint density at radius 2 is 1.86 bits per heavy atom. The van der Waals surface area contributed by atoms with Crippen molar-refractivity contribution in [3.63, 3.8) is 0 Å². The van der Waals surface area contributed by atoms with Gasteiger partial charge in [0.05, 0.1) is 0 Å². The van der Waals surface area contributed by atoms with Crippen LogP contribution < -0.4 is 10.5 Å². The first-order valence-corrected chi connectivity index (χ1v) is 5.53. The van der Waals surface area contributed by atoms with Crippen molar-refractivity contribution >= 4 is 15.9 Å². The molecule has 78 valence electrons. The van der Waals surface area contributed by atoms with Crippen LogP contribution in [0.2, 0.25) is 0 Å². The maximum absolute atomic E-state index is 5.86. The fourth-order valence-electron chi connectivity index (χ4n) is 0.916. The van der Waals surface area contributed by atoms with E-state index in [4.69, 9.17) is 10.5 Å². The topological polar surface area (TPSA) is 35.2 Å². The van der Waals surface area contributed by atoms with Gasteiger partial charge in [0.25, 0.3) is 0 Å². The average molecular weight is 258 g/mol. The lowest BCUT2D eigenvalue weighted by atomic mass is 10.1. The van der Waals surface area contributed by atoms with Crippen LogP contribution in [0.5, 0.6) is 5.75 Å². The molecule has 0 spiro atoms. The Hall–Kier alpha value is -0.540. The first-order valence-electron chi connectivity index (χ1n) is 4.73. The number of halogens is 1. The lowest BCUT2D eigenvalue weighted by Crippen LogP contribution is -2.32. The molecule has 1 atom stereocenters. The van der Waals surface area contributed by atoms with Gasteiger partial charge in [0.15, 0.2) is 0 Å². The molecule has 0 saturated heterocycles. The SMILES string of the molecule is CC(C)[C@H](N)COc1ccc(Br)cc1. The average Bonchev–Trinajstić information content (AvgIpc) is 2.16. The molecule has 3 heteroatoms. The molecule has 0 fully saturated rings. The first kappa shape index (κ1) is 11.5. The molecular formula is C11H16BrNO. The lowest BCUT2D eigenvalue weighted by molar-refractivity contribution is 0.259. The molecule has 14 heavy (non-hydrogen) atoms. The zero-order chi connectivity index (χ0) is 10.6. The molecule has 0 aliphatic heterocycles. The zero-order valence-electron chi connectivity index (χ0n) is 8.53. The van der Waals surface area contributed by atoms with Crippen LogP contribution in [0.4, 0.5) is 0 Å². The smallest absolute Gasteiger partial charge is 0.119 e. The van der Waals surface area contributed by atoms with E-state index in [1.807, 2.05) is 24.3 Å². The van der Waals surface area contributed by atoms with Crippen LogP contribution in [0.1, 0.15) is 13.8 Å². The van der Waals surface area contributed by atoms with Crippen molar-refractivity contribution in [2.45, 2.75) is 19.9 Å². The molecule has 0 amide bonds. The summed E-state index contributed by atoms with van der Waals surface area (Å²) < 4.78 is 6.59. The van der Waals surface area contributed by atoms with Gasteiger partial charge in [-0.3, -0.25) is 0 Å². The molecule has 1 aromatic rings. The third-order valence-electron chi connectivity index (χ3n) is 2.11. The Morgan fingerprint density at radius 3 is 2.36 bits per heavy atom. The molecule has 0 radical (unpaired) electrons. The van der Waals surface area contributed by atoms with Gasteiger partial charge in [0.1, 0.15) is 12.4 Å². The summed E-state index contributed by atoms with van der Waals surface area (Å²) in [7, 11) is 0. The van der Waals surface area contributed by atoms with Crippen LogP contribution in [-0.4, -0.2) is 12.6 Å². The van der Waals surface area contributed by atoms with Gasteiger partial charge < -0.3 is 10.5 Å². The standard InChI is InChI=1S/C11H16BrNO/c1-8(2)11(13)7-14-10-5-3-9(12)4-6-10/h3-6,8,11H,7,13H2,1-2H3/t11-/m1/s1. The molecule has 1 rings (SSSR count). The molecular weight excluding hydrogens is 242 g/mol. The zero-order valence-corrected chi connectivity index (χ0v) is 10.1.